The number of phenolic OH excluding ortho intramolecular Hbond substituents is 1. The Morgan fingerprint density at radius 1 is 1.17 bits per heavy atom. The van der Waals surface area contributed by atoms with Crippen LogP contribution in [-0.2, 0) is 0 Å². The van der Waals surface area contributed by atoms with Gasteiger partial charge in [-0.3, -0.25) is 0 Å². The van der Waals surface area contributed by atoms with Gasteiger partial charge in [0.25, 0.3) is 0 Å². The summed E-state index contributed by atoms with van der Waals surface area (Å²) in [4.78, 5) is 0. The molecule has 62 valence electrons. The van der Waals surface area contributed by atoms with E-state index in [-0.39, 0.29) is 5.75 Å². The fraction of sp³-hybridized carbons (Fsp3) is 0. The highest BCUT2D eigenvalue weighted by Crippen LogP contribution is 2.32. The molecule has 2 rings (SSSR count). The van der Waals surface area contributed by atoms with Gasteiger partial charge in [-0.1, -0.05) is 0 Å². The van der Waals surface area contributed by atoms with Crippen molar-refractivity contribution in [2.75, 3.05) is 0 Å². The Bertz CT molecular complexity index is 436. The fourth-order valence-electron chi connectivity index (χ4n) is 1.07. The van der Waals surface area contributed by atoms with E-state index in [1.807, 2.05) is 0 Å². The average molecular weight is 186 g/mol. The Balaban J connectivity index is 2.88. The molecule has 0 amide bonds. The van der Waals surface area contributed by atoms with Crippen molar-refractivity contribution in [2.45, 2.75) is 0 Å². The van der Waals surface area contributed by atoms with Crippen molar-refractivity contribution in [1.29, 1.82) is 0 Å². The van der Waals surface area contributed by atoms with Gasteiger partial charge in [0.15, 0.2) is 5.13 Å². The first-order valence-electron chi connectivity index (χ1n) is 3.24. The molecule has 0 radical (unpaired) electrons. The standard InChI is InChI=1S/C8H4F2OS/c9-5-1-4-2-7(10)12-8(4)6(11)3-5/h1-3,11H. The monoisotopic (exact) mass is 186 g/mol. The normalized spacial score (nSPS) is 10.8. The van der Waals surface area contributed by atoms with Gasteiger partial charge in [-0.05, 0) is 12.1 Å². The molecule has 0 atom stereocenters. The number of fused-ring (bicyclic) bond motifs is 1. The van der Waals surface area contributed by atoms with Gasteiger partial charge in [0.05, 0.1) is 4.70 Å². The van der Waals surface area contributed by atoms with Crippen LogP contribution in [0.1, 0.15) is 0 Å². The lowest BCUT2D eigenvalue weighted by molar-refractivity contribution is 0.476. The van der Waals surface area contributed by atoms with Gasteiger partial charge in [0.1, 0.15) is 11.6 Å². The zero-order chi connectivity index (χ0) is 8.72. The lowest BCUT2D eigenvalue weighted by Crippen LogP contribution is -1.71. The summed E-state index contributed by atoms with van der Waals surface area (Å²) in [5.41, 5.74) is 0. The highest BCUT2D eigenvalue weighted by atomic mass is 32.1. The lowest BCUT2D eigenvalue weighted by atomic mass is 10.2. The second-order valence-corrected chi connectivity index (χ2v) is 3.40. The maximum Gasteiger partial charge on any atom is 0.177 e. The number of thiophene rings is 1. The molecule has 4 heteroatoms. The first-order chi connectivity index (χ1) is 5.66. The third kappa shape index (κ3) is 1.04. The maximum atomic E-state index is 12.6. The zero-order valence-electron chi connectivity index (χ0n) is 5.84. The van der Waals surface area contributed by atoms with Gasteiger partial charge >= 0.3 is 0 Å². The van der Waals surface area contributed by atoms with Crippen molar-refractivity contribution in [1.82, 2.24) is 0 Å². The van der Waals surface area contributed by atoms with E-state index in [1.165, 1.54) is 12.1 Å². The number of aromatic hydroxyl groups is 1. The van der Waals surface area contributed by atoms with Crippen LogP contribution < -0.4 is 0 Å². The number of benzene rings is 1. The van der Waals surface area contributed by atoms with Crippen LogP contribution in [0.25, 0.3) is 10.1 Å². The Kier molecular flexibility index (Phi) is 1.51. The summed E-state index contributed by atoms with van der Waals surface area (Å²) >= 11 is 0.804. The van der Waals surface area contributed by atoms with Gasteiger partial charge in [0.2, 0.25) is 0 Å². The van der Waals surface area contributed by atoms with E-state index in [1.54, 1.807) is 0 Å². The summed E-state index contributed by atoms with van der Waals surface area (Å²) in [7, 11) is 0. The Morgan fingerprint density at radius 3 is 2.67 bits per heavy atom. The molecule has 0 bridgehead atoms. The van der Waals surface area contributed by atoms with Gasteiger partial charge < -0.3 is 5.11 Å². The molecule has 1 aromatic heterocycles. The summed E-state index contributed by atoms with van der Waals surface area (Å²) in [6.07, 6.45) is 0. The molecule has 0 spiro atoms. The molecule has 0 fully saturated rings. The molecule has 1 heterocycles. The second-order valence-electron chi connectivity index (χ2n) is 2.39. The van der Waals surface area contributed by atoms with Crippen molar-refractivity contribution in [2.24, 2.45) is 0 Å². The van der Waals surface area contributed by atoms with Crippen molar-refractivity contribution >= 4 is 21.4 Å². The summed E-state index contributed by atoms with van der Waals surface area (Å²) in [6, 6.07) is 3.36. The van der Waals surface area contributed by atoms with Gasteiger partial charge in [-0.2, -0.15) is 4.39 Å². The van der Waals surface area contributed by atoms with E-state index in [0.29, 0.717) is 10.1 Å². The van der Waals surface area contributed by atoms with Crippen LogP contribution in [0.4, 0.5) is 8.78 Å². The van der Waals surface area contributed by atoms with Crippen LogP contribution in [0, 0.1) is 10.9 Å². The van der Waals surface area contributed by atoms with Crippen molar-refractivity contribution in [3.8, 4) is 5.75 Å². The first kappa shape index (κ1) is 7.49. The van der Waals surface area contributed by atoms with Gasteiger partial charge in [0, 0.05) is 11.5 Å². The Morgan fingerprint density at radius 2 is 1.92 bits per heavy atom. The minimum atomic E-state index is -0.558. The maximum absolute atomic E-state index is 12.6. The lowest BCUT2D eigenvalue weighted by Gasteiger charge is -1.93. The number of hydrogen-bond donors (Lipinski definition) is 1. The van der Waals surface area contributed by atoms with Crippen LogP contribution in [0.15, 0.2) is 18.2 Å². The molecule has 12 heavy (non-hydrogen) atoms. The Hall–Kier alpha value is -1.16. The SMILES string of the molecule is Oc1cc(F)cc2cc(F)sc12. The quantitative estimate of drug-likeness (QED) is 0.670. The smallest absolute Gasteiger partial charge is 0.177 e. The molecular formula is C8H4F2OS. The van der Waals surface area contributed by atoms with E-state index in [4.69, 9.17) is 5.11 Å². The van der Waals surface area contributed by atoms with E-state index in [0.717, 1.165) is 17.4 Å². The van der Waals surface area contributed by atoms with Crippen molar-refractivity contribution < 1.29 is 13.9 Å². The summed E-state index contributed by atoms with van der Waals surface area (Å²) in [5, 5.41) is 9.14. The number of halogens is 2. The number of phenols is 1. The van der Waals surface area contributed by atoms with Crippen LogP contribution in [0.3, 0.4) is 0 Å². The largest absolute Gasteiger partial charge is 0.506 e. The first-order valence-corrected chi connectivity index (χ1v) is 4.06. The van der Waals surface area contributed by atoms with Gasteiger partial charge in [-0.15, -0.1) is 11.3 Å². The predicted octanol–water partition coefficient (Wildman–Crippen LogP) is 2.89. The molecule has 1 nitrogen and oxygen atoms in total. The molecular weight excluding hydrogens is 182 g/mol. The van der Waals surface area contributed by atoms with Crippen LogP contribution >= 0.6 is 11.3 Å². The fourth-order valence-corrected chi connectivity index (χ4v) is 1.85. The van der Waals surface area contributed by atoms with E-state index in [2.05, 4.69) is 0 Å². The summed E-state index contributed by atoms with van der Waals surface area (Å²) < 4.78 is 25.6. The minimum Gasteiger partial charge on any atom is -0.506 e. The minimum absolute atomic E-state index is 0.209. The molecule has 0 unspecified atom stereocenters. The predicted molar refractivity (Wildman–Crippen MR) is 43.4 cm³/mol. The Labute approximate surface area is 70.9 Å². The van der Waals surface area contributed by atoms with E-state index >= 15 is 0 Å². The summed E-state index contributed by atoms with van der Waals surface area (Å²) in [5.74, 6) is -0.767. The van der Waals surface area contributed by atoms with Crippen LogP contribution in [-0.4, -0.2) is 5.11 Å². The molecule has 1 N–H and O–H groups in total. The zero-order valence-corrected chi connectivity index (χ0v) is 6.66. The summed E-state index contributed by atoms with van der Waals surface area (Å²) in [6.45, 7) is 0. The molecule has 2 aromatic rings. The highest BCUT2D eigenvalue weighted by Gasteiger charge is 2.07. The van der Waals surface area contributed by atoms with Crippen LogP contribution in [0.2, 0.25) is 0 Å². The molecule has 0 saturated carbocycles. The van der Waals surface area contributed by atoms with E-state index < -0.39 is 10.9 Å². The molecule has 0 aliphatic rings. The average Bonchev–Trinajstić information content (AvgIpc) is 2.29. The van der Waals surface area contributed by atoms with Crippen molar-refractivity contribution in [3.63, 3.8) is 0 Å². The molecule has 1 aromatic carbocycles. The number of hydrogen-bond acceptors (Lipinski definition) is 2. The third-order valence-corrected chi connectivity index (χ3v) is 2.49. The molecule has 0 aliphatic carbocycles. The third-order valence-electron chi connectivity index (χ3n) is 1.53. The molecule has 0 aliphatic heterocycles. The number of rotatable bonds is 0. The highest BCUT2D eigenvalue weighted by molar-refractivity contribution is 7.17. The van der Waals surface area contributed by atoms with E-state index in [9.17, 15) is 8.78 Å². The van der Waals surface area contributed by atoms with Crippen LogP contribution in [0.5, 0.6) is 5.75 Å². The molecule has 0 saturated heterocycles. The second kappa shape index (κ2) is 2.42. The van der Waals surface area contributed by atoms with Gasteiger partial charge in [-0.25, -0.2) is 4.39 Å². The van der Waals surface area contributed by atoms with Crippen molar-refractivity contribution in [3.05, 3.63) is 29.1 Å². The topological polar surface area (TPSA) is 20.2 Å².